The maximum Gasteiger partial charge on any atom is 0.270 e. The first-order valence-corrected chi connectivity index (χ1v) is 3.70. The van der Waals surface area contributed by atoms with Crippen LogP contribution in [0.25, 0.3) is 0 Å². The molecule has 0 aromatic carbocycles. The molecule has 1 aromatic heterocycles. The fourth-order valence-corrected chi connectivity index (χ4v) is 1.03. The van der Waals surface area contributed by atoms with Gasteiger partial charge in [-0.05, 0) is 0 Å². The van der Waals surface area contributed by atoms with E-state index in [-0.39, 0.29) is 5.69 Å². The summed E-state index contributed by atoms with van der Waals surface area (Å²) < 4.78 is 1.66. The number of nitrogens with zero attached hydrogens (tertiary/aromatic N) is 3. The third-order valence-electron chi connectivity index (χ3n) is 1.90. The Labute approximate surface area is 68.7 Å². The van der Waals surface area contributed by atoms with Crippen LogP contribution in [0.3, 0.4) is 0 Å². The van der Waals surface area contributed by atoms with Crippen molar-refractivity contribution in [3.63, 3.8) is 0 Å². The van der Waals surface area contributed by atoms with Crippen LogP contribution in [0.1, 0.15) is 16.5 Å². The summed E-state index contributed by atoms with van der Waals surface area (Å²) in [6.45, 7) is 1.75. The lowest BCUT2D eigenvalue weighted by Crippen LogP contribution is -2.43. The van der Waals surface area contributed by atoms with E-state index < -0.39 is 5.91 Å². The molecule has 0 aliphatic carbocycles. The van der Waals surface area contributed by atoms with Crippen molar-refractivity contribution < 1.29 is 4.79 Å². The van der Waals surface area contributed by atoms with E-state index in [0.717, 1.165) is 13.1 Å². The molecule has 1 aromatic rings. The molecule has 6 heteroatoms. The first-order chi connectivity index (χ1) is 5.77. The second-order valence-electron chi connectivity index (χ2n) is 2.76. The van der Waals surface area contributed by atoms with Crippen molar-refractivity contribution in [1.29, 1.82) is 0 Å². The van der Waals surface area contributed by atoms with Gasteiger partial charge in [0.1, 0.15) is 0 Å². The summed E-state index contributed by atoms with van der Waals surface area (Å²) in [6.07, 6.45) is 1.58. The molecule has 1 fully saturated rings. The van der Waals surface area contributed by atoms with Crippen LogP contribution in [-0.4, -0.2) is 34.0 Å². The van der Waals surface area contributed by atoms with Gasteiger partial charge in [0.25, 0.3) is 5.91 Å². The highest BCUT2D eigenvalue weighted by Crippen LogP contribution is 2.09. The van der Waals surface area contributed by atoms with E-state index in [1.165, 1.54) is 0 Å². The summed E-state index contributed by atoms with van der Waals surface area (Å²) in [5, 5.41) is 10.5. The van der Waals surface area contributed by atoms with E-state index in [1.54, 1.807) is 10.9 Å². The number of nitrogens with two attached hydrogens (primary N) is 1. The average molecular weight is 167 g/mol. The van der Waals surface area contributed by atoms with Gasteiger partial charge in [-0.2, -0.15) is 0 Å². The third kappa shape index (κ3) is 1.06. The van der Waals surface area contributed by atoms with E-state index in [9.17, 15) is 4.79 Å². The zero-order valence-corrected chi connectivity index (χ0v) is 6.40. The molecular weight excluding hydrogens is 158 g/mol. The molecular formula is C6H9N5O. The van der Waals surface area contributed by atoms with E-state index in [1.807, 2.05) is 0 Å². The van der Waals surface area contributed by atoms with Crippen molar-refractivity contribution in [2.45, 2.75) is 6.04 Å². The highest BCUT2D eigenvalue weighted by molar-refractivity contribution is 5.90. The minimum atomic E-state index is -0.534. The largest absolute Gasteiger partial charge is 0.364 e. The summed E-state index contributed by atoms with van der Waals surface area (Å²) >= 11 is 0. The molecule has 0 bridgehead atoms. The first-order valence-electron chi connectivity index (χ1n) is 3.70. The lowest BCUT2D eigenvalue weighted by Gasteiger charge is -2.26. The number of nitrogens with one attached hydrogen (secondary N) is 1. The molecule has 1 saturated heterocycles. The van der Waals surface area contributed by atoms with Gasteiger partial charge in [0.2, 0.25) is 0 Å². The molecule has 6 nitrogen and oxygen atoms in total. The number of carbonyl (C=O) groups is 1. The molecule has 1 aliphatic heterocycles. The Bertz CT molecular complexity index is 303. The Hall–Kier alpha value is -1.43. The Morgan fingerprint density at radius 1 is 1.75 bits per heavy atom. The molecule has 12 heavy (non-hydrogen) atoms. The van der Waals surface area contributed by atoms with E-state index in [2.05, 4.69) is 15.6 Å². The number of hydrogen-bond donors (Lipinski definition) is 2. The number of hydrogen-bond acceptors (Lipinski definition) is 4. The SMILES string of the molecule is NC(=O)c1cn(C2CNC2)nn1. The summed E-state index contributed by atoms with van der Waals surface area (Å²) in [5.41, 5.74) is 5.24. The van der Waals surface area contributed by atoms with Gasteiger partial charge in [-0.15, -0.1) is 5.10 Å². The number of amides is 1. The van der Waals surface area contributed by atoms with Crippen molar-refractivity contribution in [3.8, 4) is 0 Å². The number of carbonyl (C=O) groups excluding carboxylic acids is 1. The zero-order valence-electron chi connectivity index (χ0n) is 6.40. The molecule has 3 N–H and O–H groups in total. The first kappa shape index (κ1) is 7.23. The van der Waals surface area contributed by atoms with Crippen molar-refractivity contribution in [3.05, 3.63) is 11.9 Å². The fraction of sp³-hybridized carbons (Fsp3) is 0.500. The van der Waals surface area contributed by atoms with Crippen LogP contribution in [0.2, 0.25) is 0 Å². The monoisotopic (exact) mass is 167 g/mol. The molecule has 1 amide bonds. The van der Waals surface area contributed by atoms with Crippen molar-refractivity contribution in [1.82, 2.24) is 20.3 Å². The summed E-state index contributed by atoms with van der Waals surface area (Å²) in [7, 11) is 0. The Morgan fingerprint density at radius 3 is 2.92 bits per heavy atom. The summed E-state index contributed by atoms with van der Waals surface area (Å²) in [4.78, 5) is 10.6. The predicted molar refractivity (Wildman–Crippen MR) is 40.4 cm³/mol. The maximum absolute atomic E-state index is 10.6. The van der Waals surface area contributed by atoms with E-state index in [0.29, 0.717) is 6.04 Å². The molecule has 0 radical (unpaired) electrons. The molecule has 2 heterocycles. The number of primary amides is 1. The third-order valence-corrected chi connectivity index (χ3v) is 1.90. The van der Waals surface area contributed by atoms with Gasteiger partial charge in [-0.1, -0.05) is 5.21 Å². The van der Waals surface area contributed by atoms with Crippen LogP contribution >= 0.6 is 0 Å². The van der Waals surface area contributed by atoms with Gasteiger partial charge in [-0.3, -0.25) is 4.79 Å². The highest BCUT2D eigenvalue weighted by Gasteiger charge is 2.20. The standard InChI is InChI=1S/C6H9N5O/c7-6(12)5-3-11(10-9-5)4-1-8-2-4/h3-4,8H,1-2H2,(H2,7,12). The molecule has 0 saturated carbocycles. The van der Waals surface area contributed by atoms with Crippen LogP contribution in [-0.2, 0) is 0 Å². The molecule has 0 spiro atoms. The van der Waals surface area contributed by atoms with Gasteiger partial charge in [-0.25, -0.2) is 4.68 Å². The maximum atomic E-state index is 10.6. The molecule has 0 unspecified atom stereocenters. The van der Waals surface area contributed by atoms with Gasteiger partial charge >= 0.3 is 0 Å². The van der Waals surface area contributed by atoms with Gasteiger partial charge in [0.05, 0.1) is 12.2 Å². The molecule has 1 aliphatic rings. The fourth-order valence-electron chi connectivity index (χ4n) is 1.03. The minimum absolute atomic E-state index is 0.224. The van der Waals surface area contributed by atoms with Crippen molar-refractivity contribution in [2.24, 2.45) is 5.73 Å². The van der Waals surface area contributed by atoms with E-state index >= 15 is 0 Å². The van der Waals surface area contributed by atoms with Crippen molar-refractivity contribution in [2.75, 3.05) is 13.1 Å². The van der Waals surface area contributed by atoms with E-state index in [4.69, 9.17) is 5.73 Å². The highest BCUT2D eigenvalue weighted by atomic mass is 16.1. The second kappa shape index (κ2) is 2.56. The summed E-state index contributed by atoms with van der Waals surface area (Å²) in [6, 6.07) is 0.325. The number of aromatic nitrogens is 3. The predicted octanol–water partition coefficient (Wildman–Crippen LogP) is -1.48. The van der Waals surface area contributed by atoms with Gasteiger partial charge in [0, 0.05) is 13.1 Å². The average Bonchev–Trinajstić information content (AvgIpc) is 2.32. The normalized spacial score (nSPS) is 17.3. The van der Waals surface area contributed by atoms with Crippen molar-refractivity contribution >= 4 is 5.91 Å². The smallest absolute Gasteiger partial charge is 0.270 e. The van der Waals surface area contributed by atoms with Crippen LogP contribution < -0.4 is 11.1 Å². The lowest BCUT2D eigenvalue weighted by atomic mass is 10.2. The molecule has 2 rings (SSSR count). The molecule has 0 atom stereocenters. The Balaban J connectivity index is 2.17. The van der Waals surface area contributed by atoms with Crippen LogP contribution in [0, 0.1) is 0 Å². The van der Waals surface area contributed by atoms with Crippen LogP contribution in [0.15, 0.2) is 6.20 Å². The summed E-state index contributed by atoms with van der Waals surface area (Å²) in [5.74, 6) is -0.534. The van der Waals surface area contributed by atoms with Crippen LogP contribution in [0.5, 0.6) is 0 Å². The number of rotatable bonds is 2. The van der Waals surface area contributed by atoms with Crippen LogP contribution in [0.4, 0.5) is 0 Å². The quantitative estimate of drug-likeness (QED) is 0.562. The Morgan fingerprint density at radius 2 is 2.50 bits per heavy atom. The zero-order chi connectivity index (χ0) is 8.55. The lowest BCUT2D eigenvalue weighted by molar-refractivity contribution is 0.0995. The molecule has 64 valence electrons. The van der Waals surface area contributed by atoms with Gasteiger partial charge < -0.3 is 11.1 Å². The second-order valence-corrected chi connectivity index (χ2v) is 2.76. The Kier molecular flexibility index (Phi) is 1.54. The van der Waals surface area contributed by atoms with Gasteiger partial charge in [0.15, 0.2) is 5.69 Å². The topological polar surface area (TPSA) is 85.8 Å². The minimum Gasteiger partial charge on any atom is -0.364 e.